The summed E-state index contributed by atoms with van der Waals surface area (Å²) in [6, 6.07) is 5.46. The van der Waals surface area contributed by atoms with Gasteiger partial charge in [0.25, 0.3) is 0 Å². The Kier molecular flexibility index (Phi) is 4.16. The molecule has 6 nitrogen and oxygen atoms in total. The molecule has 0 aliphatic carbocycles. The first kappa shape index (κ1) is 15.6. The maximum absolute atomic E-state index is 13.9. The Hall–Kier alpha value is -2.83. The van der Waals surface area contributed by atoms with Crippen LogP contribution >= 0.6 is 0 Å². The molecule has 2 aromatic rings. The standard InChI is InChI=1S/C15H14FN3O3/c1-15(2,12-10(16)4-3-7-18-12)13(20)11-6-5-9(8-19-11)22-14(17)21/h3-8H,1-2H3,(H2,17,21). The first-order valence-corrected chi connectivity index (χ1v) is 6.41. The molecule has 2 N–H and O–H groups in total. The molecule has 2 heterocycles. The number of amides is 1. The number of carbonyl (C=O) groups is 2. The van der Waals surface area contributed by atoms with E-state index < -0.39 is 23.1 Å². The van der Waals surface area contributed by atoms with Crippen LogP contribution in [0.1, 0.15) is 30.0 Å². The lowest BCUT2D eigenvalue weighted by atomic mass is 9.82. The Labute approximate surface area is 126 Å². The van der Waals surface area contributed by atoms with Crippen LogP contribution in [-0.2, 0) is 5.41 Å². The molecule has 0 atom stereocenters. The molecule has 114 valence electrons. The molecule has 1 amide bonds. The SMILES string of the molecule is CC(C)(C(=O)c1ccc(OC(N)=O)cn1)c1ncccc1F. The minimum absolute atomic E-state index is 0.0410. The number of hydrogen-bond acceptors (Lipinski definition) is 5. The summed E-state index contributed by atoms with van der Waals surface area (Å²) in [5, 5.41) is 0. The van der Waals surface area contributed by atoms with Crippen molar-refractivity contribution < 1.29 is 18.7 Å². The molecule has 2 rings (SSSR count). The molecule has 0 fully saturated rings. The first-order valence-electron chi connectivity index (χ1n) is 6.41. The van der Waals surface area contributed by atoms with Crippen LogP contribution in [0.25, 0.3) is 0 Å². The van der Waals surface area contributed by atoms with E-state index >= 15 is 0 Å². The van der Waals surface area contributed by atoms with E-state index in [0.717, 1.165) is 0 Å². The molecule has 22 heavy (non-hydrogen) atoms. The quantitative estimate of drug-likeness (QED) is 0.874. The number of ketones is 1. The summed E-state index contributed by atoms with van der Waals surface area (Å²) in [6.45, 7) is 3.13. The number of aromatic nitrogens is 2. The van der Waals surface area contributed by atoms with Gasteiger partial charge in [-0.25, -0.2) is 14.2 Å². The third-order valence-corrected chi connectivity index (χ3v) is 3.11. The fraction of sp³-hybridized carbons (Fsp3) is 0.200. The van der Waals surface area contributed by atoms with Crippen molar-refractivity contribution in [2.24, 2.45) is 5.73 Å². The van der Waals surface area contributed by atoms with Crippen LogP contribution in [0.15, 0.2) is 36.7 Å². The van der Waals surface area contributed by atoms with E-state index in [-0.39, 0.29) is 17.1 Å². The Bertz CT molecular complexity index is 714. The second-order valence-electron chi connectivity index (χ2n) is 5.09. The van der Waals surface area contributed by atoms with E-state index in [1.54, 1.807) is 13.8 Å². The molecule has 0 aliphatic heterocycles. The van der Waals surface area contributed by atoms with E-state index in [0.29, 0.717) is 0 Å². The van der Waals surface area contributed by atoms with Crippen LogP contribution in [0.3, 0.4) is 0 Å². The largest absolute Gasteiger partial charge is 0.410 e. The number of Topliss-reactive ketones (excluding diaryl/α,β-unsaturated/α-hetero) is 1. The van der Waals surface area contributed by atoms with Crippen LogP contribution in [0, 0.1) is 5.82 Å². The normalized spacial score (nSPS) is 11.0. The smallest absolute Gasteiger partial charge is 0.409 e. The summed E-state index contributed by atoms with van der Waals surface area (Å²) in [6.07, 6.45) is 1.64. The van der Waals surface area contributed by atoms with Gasteiger partial charge in [-0.15, -0.1) is 0 Å². The summed E-state index contributed by atoms with van der Waals surface area (Å²) in [4.78, 5) is 31.0. The van der Waals surface area contributed by atoms with Gasteiger partial charge in [-0.1, -0.05) is 0 Å². The predicted molar refractivity (Wildman–Crippen MR) is 76.0 cm³/mol. The lowest BCUT2D eigenvalue weighted by molar-refractivity contribution is 0.0897. The van der Waals surface area contributed by atoms with Crippen molar-refractivity contribution >= 4 is 11.9 Å². The average Bonchev–Trinajstić information content (AvgIpc) is 2.47. The second kappa shape index (κ2) is 5.88. The molecule has 7 heteroatoms. The number of pyridine rings is 2. The number of primary amides is 1. The van der Waals surface area contributed by atoms with Crippen molar-refractivity contribution in [2.45, 2.75) is 19.3 Å². The number of nitrogens with two attached hydrogens (primary N) is 1. The molecule has 0 unspecified atom stereocenters. The van der Waals surface area contributed by atoms with Crippen molar-refractivity contribution in [3.63, 3.8) is 0 Å². The van der Waals surface area contributed by atoms with Gasteiger partial charge >= 0.3 is 6.09 Å². The Morgan fingerprint density at radius 1 is 1.23 bits per heavy atom. The molecule has 0 radical (unpaired) electrons. The van der Waals surface area contributed by atoms with E-state index in [1.807, 2.05) is 0 Å². The average molecular weight is 303 g/mol. The second-order valence-corrected chi connectivity index (χ2v) is 5.09. The number of rotatable bonds is 4. The minimum atomic E-state index is -1.19. The van der Waals surface area contributed by atoms with Crippen molar-refractivity contribution in [2.75, 3.05) is 0 Å². The van der Waals surface area contributed by atoms with Gasteiger partial charge in [-0.2, -0.15) is 0 Å². The highest BCUT2D eigenvalue weighted by Gasteiger charge is 2.35. The lowest BCUT2D eigenvalue weighted by Gasteiger charge is -2.22. The van der Waals surface area contributed by atoms with Crippen molar-refractivity contribution in [1.29, 1.82) is 0 Å². The summed E-state index contributed by atoms with van der Waals surface area (Å²) in [5.74, 6) is -0.851. The maximum Gasteiger partial charge on any atom is 0.410 e. The maximum atomic E-state index is 13.9. The molecule has 0 spiro atoms. The van der Waals surface area contributed by atoms with Gasteiger partial charge in [0, 0.05) is 6.20 Å². The van der Waals surface area contributed by atoms with Gasteiger partial charge in [-0.05, 0) is 38.1 Å². The van der Waals surface area contributed by atoms with Gasteiger partial charge in [0.05, 0.1) is 17.3 Å². The number of nitrogens with zero attached hydrogens (tertiary/aromatic N) is 2. The van der Waals surface area contributed by atoms with Crippen LogP contribution in [-0.4, -0.2) is 21.8 Å². The summed E-state index contributed by atoms with van der Waals surface area (Å²) >= 11 is 0. The molecular weight excluding hydrogens is 289 g/mol. The first-order chi connectivity index (χ1) is 10.3. The van der Waals surface area contributed by atoms with E-state index in [4.69, 9.17) is 5.73 Å². The lowest BCUT2D eigenvalue weighted by Crippen LogP contribution is -2.32. The fourth-order valence-electron chi connectivity index (χ4n) is 1.96. The zero-order chi connectivity index (χ0) is 16.3. The number of halogens is 1. The zero-order valence-electron chi connectivity index (χ0n) is 12.0. The minimum Gasteiger partial charge on any atom is -0.409 e. The summed E-state index contributed by atoms with van der Waals surface area (Å²) in [5.41, 5.74) is 3.83. The van der Waals surface area contributed by atoms with Crippen LogP contribution in [0.2, 0.25) is 0 Å². The van der Waals surface area contributed by atoms with E-state index in [2.05, 4.69) is 14.7 Å². The zero-order valence-corrected chi connectivity index (χ0v) is 12.0. The molecule has 0 saturated carbocycles. The Balaban J connectivity index is 2.30. The van der Waals surface area contributed by atoms with Gasteiger partial charge < -0.3 is 10.5 Å². The van der Waals surface area contributed by atoms with E-state index in [1.165, 1.54) is 36.7 Å². The molecule has 0 aromatic carbocycles. The van der Waals surface area contributed by atoms with Crippen LogP contribution in [0.5, 0.6) is 5.75 Å². The summed E-state index contributed by atoms with van der Waals surface area (Å²) in [7, 11) is 0. The number of carbonyl (C=O) groups excluding carboxylic acids is 2. The van der Waals surface area contributed by atoms with Crippen molar-refractivity contribution in [1.82, 2.24) is 9.97 Å². The van der Waals surface area contributed by atoms with Gasteiger partial charge in [-0.3, -0.25) is 9.78 Å². The third-order valence-electron chi connectivity index (χ3n) is 3.11. The van der Waals surface area contributed by atoms with Crippen LogP contribution < -0.4 is 10.5 Å². The van der Waals surface area contributed by atoms with Gasteiger partial charge in [0.15, 0.2) is 11.5 Å². The Morgan fingerprint density at radius 2 is 1.95 bits per heavy atom. The third kappa shape index (κ3) is 3.08. The topological polar surface area (TPSA) is 95.2 Å². The van der Waals surface area contributed by atoms with E-state index in [9.17, 15) is 14.0 Å². The van der Waals surface area contributed by atoms with Gasteiger partial charge in [0.1, 0.15) is 11.5 Å². The molecule has 2 aromatic heterocycles. The van der Waals surface area contributed by atoms with Crippen molar-refractivity contribution in [3.05, 3.63) is 53.9 Å². The molecule has 0 aliphatic rings. The highest BCUT2D eigenvalue weighted by atomic mass is 19.1. The predicted octanol–water partition coefficient (Wildman–Crippen LogP) is 2.23. The summed E-state index contributed by atoms with van der Waals surface area (Å²) < 4.78 is 18.5. The number of ether oxygens (including phenoxy) is 1. The molecular formula is C15H14FN3O3. The molecule has 0 saturated heterocycles. The van der Waals surface area contributed by atoms with Crippen LogP contribution in [0.4, 0.5) is 9.18 Å². The van der Waals surface area contributed by atoms with Gasteiger partial charge in [0.2, 0.25) is 0 Å². The fourth-order valence-corrected chi connectivity index (χ4v) is 1.96. The number of hydrogen-bond donors (Lipinski definition) is 1. The Morgan fingerprint density at radius 3 is 2.50 bits per heavy atom. The monoisotopic (exact) mass is 303 g/mol. The highest BCUT2D eigenvalue weighted by molar-refractivity contribution is 6.01. The molecule has 0 bridgehead atoms. The highest BCUT2D eigenvalue weighted by Crippen LogP contribution is 2.27. The van der Waals surface area contributed by atoms with Crippen molar-refractivity contribution in [3.8, 4) is 5.75 Å².